The molecule has 4 heteroatoms. The Kier molecular flexibility index (Phi) is 6.60. The third-order valence-corrected chi connectivity index (χ3v) is 11.3. The first kappa shape index (κ1) is 30.9. The first-order chi connectivity index (χ1) is 27.8. The number of para-hydroxylation sites is 2. The summed E-state index contributed by atoms with van der Waals surface area (Å²) in [6.07, 6.45) is 0. The van der Waals surface area contributed by atoms with Gasteiger partial charge in [-0.1, -0.05) is 127 Å². The highest BCUT2D eigenvalue weighted by Crippen LogP contribution is 2.48. The lowest BCUT2D eigenvalue weighted by atomic mass is 9.92. The van der Waals surface area contributed by atoms with Gasteiger partial charge in [0, 0.05) is 72.6 Å². The van der Waals surface area contributed by atoms with E-state index in [0.717, 1.165) is 99.7 Å². The molecule has 12 rings (SSSR count). The summed E-state index contributed by atoms with van der Waals surface area (Å²) in [6, 6.07) is 65.9. The van der Waals surface area contributed by atoms with Crippen LogP contribution in [0, 0.1) is 0 Å². The maximum Gasteiger partial charge on any atom is 0.143 e. The van der Waals surface area contributed by atoms with E-state index in [9.17, 15) is 0 Å². The number of hydrogen-bond donors (Lipinski definition) is 0. The van der Waals surface area contributed by atoms with Crippen molar-refractivity contribution in [3.05, 3.63) is 188 Å². The molecule has 0 aliphatic rings. The van der Waals surface area contributed by atoms with Crippen LogP contribution in [0.1, 0.15) is 0 Å². The van der Waals surface area contributed by atoms with Crippen molar-refractivity contribution in [2.75, 3.05) is 4.90 Å². The fourth-order valence-electron chi connectivity index (χ4n) is 8.73. The monoisotopic (exact) mass is 717 g/mol. The molecule has 9 aromatic carbocycles. The molecule has 0 unspecified atom stereocenters. The Balaban J connectivity index is 1.08. The largest absolute Gasteiger partial charge is 0.456 e. The van der Waals surface area contributed by atoms with E-state index >= 15 is 0 Å². The van der Waals surface area contributed by atoms with Crippen LogP contribution in [0.15, 0.2) is 201 Å². The van der Waals surface area contributed by atoms with Crippen molar-refractivity contribution in [1.29, 1.82) is 0 Å². The number of anilines is 3. The molecule has 12 aromatic rings. The minimum atomic E-state index is 0.839. The minimum absolute atomic E-state index is 0.839. The van der Waals surface area contributed by atoms with Gasteiger partial charge in [-0.2, -0.15) is 0 Å². The molecule has 0 N–H and O–H groups in total. The molecule has 0 fully saturated rings. The van der Waals surface area contributed by atoms with Crippen LogP contribution < -0.4 is 4.90 Å². The number of hydrogen-bond acceptors (Lipinski definition) is 4. The van der Waals surface area contributed by atoms with Crippen molar-refractivity contribution in [3.63, 3.8) is 0 Å². The Morgan fingerprint density at radius 1 is 0.304 bits per heavy atom. The van der Waals surface area contributed by atoms with E-state index in [4.69, 9.17) is 13.3 Å². The van der Waals surface area contributed by atoms with Crippen molar-refractivity contribution in [2.24, 2.45) is 0 Å². The van der Waals surface area contributed by atoms with E-state index in [1.165, 1.54) is 16.2 Å². The van der Waals surface area contributed by atoms with Crippen LogP contribution in [0.25, 0.3) is 98.8 Å². The topological polar surface area (TPSA) is 42.7 Å². The van der Waals surface area contributed by atoms with Gasteiger partial charge in [0.15, 0.2) is 0 Å². The zero-order valence-corrected chi connectivity index (χ0v) is 30.1. The Hall–Kier alpha value is -7.56. The maximum absolute atomic E-state index is 6.98. The molecule has 0 aliphatic carbocycles. The van der Waals surface area contributed by atoms with E-state index in [0.29, 0.717) is 0 Å². The van der Waals surface area contributed by atoms with Gasteiger partial charge in [0.2, 0.25) is 0 Å². The van der Waals surface area contributed by atoms with Crippen LogP contribution in [-0.4, -0.2) is 0 Å². The predicted molar refractivity (Wildman–Crippen MR) is 231 cm³/mol. The molecule has 3 aromatic heterocycles. The van der Waals surface area contributed by atoms with Gasteiger partial charge in [-0.3, -0.25) is 0 Å². The van der Waals surface area contributed by atoms with E-state index in [2.05, 4.69) is 163 Å². The summed E-state index contributed by atoms with van der Waals surface area (Å²) >= 11 is 0. The van der Waals surface area contributed by atoms with Crippen molar-refractivity contribution in [2.45, 2.75) is 0 Å². The lowest BCUT2D eigenvalue weighted by Gasteiger charge is -2.25. The summed E-state index contributed by atoms with van der Waals surface area (Å²) in [7, 11) is 0. The number of benzene rings is 9. The van der Waals surface area contributed by atoms with E-state index < -0.39 is 0 Å². The van der Waals surface area contributed by atoms with Gasteiger partial charge in [0.05, 0.1) is 0 Å². The van der Waals surface area contributed by atoms with Crippen molar-refractivity contribution in [3.8, 4) is 22.5 Å². The van der Waals surface area contributed by atoms with E-state index in [1.807, 2.05) is 30.3 Å². The minimum Gasteiger partial charge on any atom is -0.456 e. The third-order valence-electron chi connectivity index (χ3n) is 11.3. The third kappa shape index (κ3) is 4.60. The standard InChI is InChI=1S/C52H31NO3/c1-2-12-33(13-3-1)51-49(50-43-18-6-4-14-37(43)38-15-5-7-19-44(38)52(50)56-51)32-22-24-34(25-23-32)53(35-26-28-41-39-16-8-10-20-45(39)54-47(41)30-35)36-27-29-42-40-17-9-11-21-46(40)55-48(42)31-36/h1-31H. The van der Waals surface area contributed by atoms with Crippen molar-refractivity contribution < 1.29 is 13.3 Å². The summed E-state index contributed by atoms with van der Waals surface area (Å²) in [6.45, 7) is 0. The van der Waals surface area contributed by atoms with Crippen LogP contribution in [0.3, 0.4) is 0 Å². The second-order valence-corrected chi connectivity index (χ2v) is 14.4. The average Bonchev–Trinajstić information content (AvgIpc) is 3.96. The smallest absolute Gasteiger partial charge is 0.143 e. The van der Waals surface area contributed by atoms with E-state index in [-0.39, 0.29) is 0 Å². The predicted octanol–water partition coefficient (Wildman–Crippen LogP) is 15.3. The Morgan fingerprint density at radius 3 is 1.38 bits per heavy atom. The fraction of sp³-hybridized carbons (Fsp3) is 0. The summed E-state index contributed by atoms with van der Waals surface area (Å²) in [5.74, 6) is 0.859. The first-order valence-electron chi connectivity index (χ1n) is 18.9. The zero-order chi connectivity index (χ0) is 36.7. The average molecular weight is 718 g/mol. The number of furan rings is 3. The molecule has 4 nitrogen and oxygen atoms in total. The lowest BCUT2D eigenvalue weighted by Crippen LogP contribution is -2.09. The molecular formula is C52H31NO3. The van der Waals surface area contributed by atoms with Gasteiger partial charge in [0.1, 0.15) is 33.7 Å². The Bertz CT molecular complexity index is 3360. The molecule has 0 aliphatic heterocycles. The number of fused-ring (bicyclic) bond motifs is 12. The van der Waals surface area contributed by atoms with Crippen LogP contribution >= 0.6 is 0 Å². The summed E-state index contributed by atoms with van der Waals surface area (Å²) < 4.78 is 19.8. The van der Waals surface area contributed by atoms with Gasteiger partial charge in [-0.15, -0.1) is 0 Å². The van der Waals surface area contributed by atoms with Crippen molar-refractivity contribution >= 4 is 93.5 Å². The van der Waals surface area contributed by atoms with Crippen molar-refractivity contribution in [1.82, 2.24) is 0 Å². The van der Waals surface area contributed by atoms with Gasteiger partial charge < -0.3 is 18.2 Å². The Labute approximate surface area is 321 Å². The molecule has 0 atom stereocenters. The molecule has 0 amide bonds. The summed E-state index contributed by atoms with van der Waals surface area (Å²) in [5, 5.41) is 10.2. The molecule has 0 bridgehead atoms. The van der Waals surface area contributed by atoms with Crippen LogP contribution in [0.2, 0.25) is 0 Å². The summed E-state index contributed by atoms with van der Waals surface area (Å²) in [4.78, 5) is 2.28. The van der Waals surface area contributed by atoms with Gasteiger partial charge in [0.25, 0.3) is 0 Å². The van der Waals surface area contributed by atoms with Gasteiger partial charge >= 0.3 is 0 Å². The summed E-state index contributed by atoms with van der Waals surface area (Å²) in [5.41, 5.74) is 10.5. The normalized spacial score (nSPS) is 11.9. The highest BCUT2D eigenvalue weighted by molar-refractivity contribution is 6.28. The molecule has 3 heterocycles. The Morgan fingerprint density at radius 2 is 0.768 bits per heavy atom. The highest BCUT2D eigenvalue weighted by Gasteiger charge is 2.24. The van der Waals surface area contributed by atoms with Gasteiger partial charge in [-0.05, 0) is 70.3 Å². The molecule has 0 radical (unpaired) electrons. The second-order valence-electron chi connectivity index (χ2n) is 14.4. The molecule has 0 saturated heterocycles. The molecule has 0 saturated carbocycles. The first-order valence-corrected chi connectivity index (χ1v) is 18.9. The molecule has 262 valence electrons. The van der Waals surface area contributed by atoms with Crippen LogP contribution in [0.5, 0.6) is 0 Å². The number of nitrogens with zero attached hydrogens (tertiary/aromatic N) is 1. The van der Waals surface area contributed by atoms with Crippen LogP contribution in [0.4, 0.5) is 17.1 Å². The SMILES string of the molecule is c1ccc(-c2oc3c4ccccc4c4ccccc4c3c2-c2ccc(N(c3ccc4c(c3)oc3ccccc34)c3ccc4c(c3)oc3ccccc34)cc2)cc1. The quantitative estimate of drug-likeness (QED) is 0.166. The highest BCUT2D eigenvalue weighted by atomic mass is 16.3. The molecular weight excluding hydrogens is 687 g/mol. The maximum atomic E-state index is 6.98. The fourth-order valence-corrected chi connectivity index (χ4v) is 8.73. The second kappa shape index (κ2) is 12.0. The lowest BCUT2D eigenvalue weighted by molar-refractivity contribution is 0.636. The molecule has 0 spiro atoms. The number of rotatable bonds is 5. The van der Waals surface area contributed by atoms with E-state index in [1.54, 1.807) is 0 Å². The zero-order valence-electron chi connectivity index (χ0n) is 30.1. The molecule has 56 heavy (non-hydrogen) atoms. The van der Waals surface area contributed by atoms with Crippen LogP contribution in [-0.2, 0) is 0 Å². The van der Waals surface area contributed by atoms with Gasteiger partial charge in [-0.25, -0.2) is 0 Å².